The van der Waals surface area contributed by atoms with E-state index in [1.807, 2.05) is 0 Å². The Bertz CT molecular complexity index is 182. The first kappa shape index (κ1) is 10.3. The number of amides is 1. The molecule has 1 unspecified atom stereocenters. The van der Waals surface area contributed by atoms with E-state index in [4.69, 9.17) is 4.74 Å². The fraction of sp³-hybridized carbons (Fsp3) is 0.889. The fourth-order valence-electron chi connectivity index (χ4n) is 1.37. The topological polar surface area (TPSA) is 38.8 Å². The summed E-state index contributed by atoms with van der Waals surface area (Å²) in [5.41, 5.74) is 0. The minimum atomic E-state index is -0.256. The summed E-state index contributed by atoms with van der Waals surface area (Å²) in [4.78, 5) is 12.9. The highest BCUT2D eigenvalue weighted by atomic mass is 16.5. The summed E-state index contributed by atoms with van der Waals surface area (Å²) >= 11 is 0. The highest BCUT2D eigenvalue weighted by molar-refractivity contribution is 5.67. The van der Waals surface area contributed by atoms with Crippen LogP contribution in [-0.2, 0) is 9.47 Å². The van der Waals surface area contributed by atoms with Crippen LogP contribution in [0.5, 0.6) is 0 Å². The quantitative estimate of drug-likeness (QED) is 0.617. The van der Waals surface area contributed by atoms with Crippen molar-refractivity contribution >= 4 is 6.09 Å². The molecular weight excluding hydrogens is 170 g/mol. The van der Waals surface area contributed by atoms with Gasteiger partial charge in [0.1, 0.15) is 0 Å². The first-order valence-electron chi connectivity index (χ1n) is 4.59. The normalized spacial score (nSPS) is 23.4. The zero-order valence-corrected chi connectivity index (χ0v) is 8.45. The maximum Gasteiger partial charge on any atom is 0.409 e. The van der Waals surface area contributed by atoms with Crippen molar-refractivity contribution in [3.05, 3.63) is 0 Å². The first-order chi connectivity index (χ1) is 6.15. The standard InChI is InChI=1S/C9H17NO3/c1-7(2)8-6-10(4-5-13-8)9(11)12-3/h7-8H,4-6H2,1-3H3. The zero-order valence-electron chi connectivity index (χ0n) is 8.45. The van der Waals surface area contributed by atoms with Crippen LogP contribution >= 0.6 is 0 Å². The van der Waals surface area contributed by atoms with Gasteiger partial charge < -0.3 is 14.4 Å². The molecule has 4 heteroatoms. The van der Waals surface area contributed by atoms with E-state index in [1.165, 1.54) is 7.11 Å². The van der Waals surface area contributed by atoms with Gasteiger partial charge in [0.15, 0.2) is 0 Å². The lowest BCUT2D eigenvalue weighted by molar-refractivity contribution is -0.0452. The number of hydrogen-bond acceptors (Lipinski definition) is 3. The molecule has 1 rings (SSSR count). The molecular formula is C9H17NO3. The molecule has 76 valence electrons. The molecule has 0 spiro atoms. The summed E-state index contributed by atoms with van der Waals surface area (Å²) in [7, 11) is 1.40. The first-order valence-corrected chi connectivity index (χ1v) is 4.59. The Morgan fingerprint density at radius 1 is 1.62 bits per heavy atom. The molecule has 1 aliphatic heterocycles. The molecule has 1 amide bonds. The van der Waals surface area contributed by atoms with E-state index in [0.29, 0.717) is 25.6 Å². The molecule has 0 aromatic rings. The molecule has 0 radical (unpaired) electrons. The van der Waals surface area contributed by atoms with Gasteiger partial charge >= 0.3 is 6.09 Å². The molecule has 0 aromatic heterocycles. The van der Waals surface area contributed by atoms with Crippen LogP contribution in [0.4, 0.5) is 4.79 Å². The van der Waals surface area contributed by atoms with Gasteiger partial charge in [0.05, 0.1) is 26.4 Å². The number of carbonyl (C=O) groups excluding carboxylic acids is 1. The van der Waals surface area contributed by atoms with Crippen molar-refractivity contribution in [1.82, 2.24) is 4.90 Å². The smallest absolute Gasteiger partial charge is 0.409 e. The Balaban J connectivity index is 2.46. The van der Waals surface area contributed by atoms with E-state index in [1.54, 1.807) is 4.90 Å². The Morgan fingerprint density at radius 2 is 2.31 bits per heavy atom. The molecule has 0 aliphatic carbocycles. The number of nitrogens with zero attached hydrogens (tertiary/aromatic N) is 1. The fourth-order valence-corrected chi connectivity index (χ4v) is 1.37. The van der Waals surface area contributed by atoms with Crippen LogP contribution in [-0.4, -0.2) is 43.9 Å². The molecule has 1 fully saturated rings. The predicted octanol–water partition coefficient (Wildman–Crippen LogP) is 1.11. The van der Waals surface area contributed by atoms with E-state index in [2.05, 4.69) is 18.6 Å². The lowest BCUT2D eigenvalue weighted by atomic mass is 10.1. The van der Waals surface area contributed by atoms with Gasteiger partial charge in [0, 0.05) is 6.54 Å². The summed E-state index contributed by atoms with van der Waals surface area (Å²) in [6.45, 7) is 6.06. The van der Waals surface area contributed by atoms with Crippen molar-refractivity contribution in [3.63, 3.8) is 0 Å². The van der Waals surface area contributed by atoms with E-state index in [9.17, 15) is 4.79 Å². The Morgan fingerprint density at radius 3 is 2.85 bits per heavy atom. The van der Waals surface area contributed by atoms with Crippen LogP contribution in [0.25, 0.3) is 0 Å². The molecule has 0 aromatic carbocycles. The summed E-state index contributed by atoms with van der Waals surface area (Å²) in [5.74, 6) is 0.437. The maximum atomic E-state index is 11.2. The van der Waals surface area contributed by atoms with Crippen LogP contribution < -0.4 is 0 Å². The number of hydrogen-bond donors (Lipinski definition) is 0. The van der Waals surface area contributed by atoms with Crippen LogP contribution in [0.1, 0.15) is 13.8 Å². The van der Waals surface area contributed by atoms with Gasteiger partial charge in [-0.05, 0) is 5.92 Å². The molecule has 1 atom stereocenters. The molecule has 1 heterocycles. The average molecular weight is 187 g/mol. The van der Waals surface area contributed by atoms with Crippen molar-refractivity contribution in [2.45, 2.75) is 20.0 Å². The van der Waals surface area contributed by atoms with Gasteiger partial charge in [0.2, 0.25) is 0 Å². The molecule has 0 saturated carbocycles. The predicted molar refractivity (Wildman–Crippen MR) is 48.6 cm³/mol. The summed E-state index contributed by atoms with van der Waals surface area (Å²) in [6, 6.07) is 0. The van der Waals surface area contributed by atoms with Crippen LogP contribution in [0.2, 0.25) is 0 Å². The van der Waals surface area contributed by atoms with Crippen LogP contribution in [0.15, 0.2) is 0 Å². The molecule has 1 saturated heterocycles. The SMILES string of the molecule is COC(=O)N1CCOC(C(C)C)C1. The molecule has 4 nitrogen and oxygen atoms in total. The second kappa shape index (κ2) is 4.46. The highest BCUT2D eigenvalue weighted by Gasteiger charge is 2.26. The molecule has 13 heavy (non-hydrogen) atoms. The third-order valence-electron chi connectivity index (χ3n) is 2.27. The maximum absolute atomic E-state index is 11.2. The third kappa shape index (κ3) is 2.59. The second-order valence-electron chi connectivity index (χ2n) is 3.57. The van der Waals surface area contributed by atoms with E-state index in [0.717, 1.165) is 0 Å². The second-order valence-corrected chi connectivity index (χ2v) is 3.57. The minimum Gasteiger partial charge on any atom is -0.453 e. The minimum absolute atomic E-state index is 0.146. The van der Waals surface area contributed by atoms with Crippen LogP contribution in [0.3, 0.4) is 0 Å². The monoisotopic (exact) mass is 187 g/mol. The van der Waals surface area contributed by atoms with Crippen LogP contribution in [0, 0.1) is 5.92 Å². The van der Waals surface area contributed by atoms with Gasteiger partial charge in [0.25, 0.3) is 0 Å². The van der Waals surface area contributed by atoms with Crippen molar-refractivity contribution in [2.75, 3.05) is 26.8 Å². The van der Waals surface area contributed by atoms with E-state index < -0.39 is 0 Å². The van der Waals surface area contributed by atoms with Crippen molar-refractivity contribution in [1.29, 1.82) is 0 Å². The Hall–Kier alpha value is -0.770. The summed E-state index contributed by atoms with van der Waals surface area (Å²) in [6.07, 6.45) is -0.109. The van der Waals surface area contributed by atoms with Crippen molar-refractivity contribution in [3.8, 4) is 0 Å². The summed E-state index contributed by atoms with van der Waals surface area (Å²) < 4.78 is 10.2. The van der Waals surface area contributed by atoms with Gasteiger partial charge in [-0.3, -0.25) is 0 Å². The molecule has 1 aliphatic rings. The number of ether oxygens (including phenoxy) is 2. The third-order valence-corrected chi connectivity index (χ3v) is 2.27. The van der Waals surface area contributed by atoms with Gasteiger partial charge in [-0.1, -0.05) is 13.8 Å². The number of rotatable bonds is 1. The largest absolute Gasteiger partial charge is 0.453 e. The molecule has 0 bridgehead atoms. The number of methoxy groups -OCH3 is 1. The van der Waals surface area contributed by atoms with Gasteiger partial charge in [-0.2, -0.15) is 0 Å². The zero-order chi connectivity index (χ0) is 9.84. The summed E-state index contributed by atoms with van der Waals surface area (Å²) in [5, 5.41) is 0. The lowest BCUT2D eigenvalue weighted by Gasteiger charge is -2.33. The van der Waals surface area contributed by atoms with E-state index >= 15 is 0 Å². The van der Waals surface area contributed by atoms with E-state index in [-0.39, 0.29) is 12.2 Å². The number of carbonyl (C=O) groups is 1. The highest BCUT2D eigenvalue weighted by Crippen LogP contribution is 2.13. The Kier molecular flexibility index (Phi) is 3.54. The molecule has 0 N–H and O–H groups in total. The van der Waals surface area contributed by atoms with Gasteiger partial charge in [-0.25, -0.2) is 4.79 Å². The van der Waals surface area contributed by atoms with Crippen molar-refractivity contribution in [2.24, 2.45) is 5.92 Å². The number of morpholine rings is 1. The Labute approximate surface area is 78.8 Å². The lowest BCUT2D eigenvalue weighted by Crippen LogP contribution is -2.47. The average Bonchev–Trinajstić information content (AvgIpc) is 2.17. The van der Waals surface area contributed by atoms with Gasteiger partial charge in [-0.15, -0.1) is 0 Å². The van der Waals surface area contributed by atoms with Crippen molar-refractivity contribution < 1.29 is 14.3 Å².